The van der Waals surface area contributed by atoms with Gasteiger partial charge in [0.15, 0.2) is 0 Å². The van der Waals surface area contributed by atoms with Gasteiger partial charge in [-0.1, -0.05) is 0 Å². The summed E-state index contributed by atoms with van der Waals surface area (Å²) in [6, 6.07) is 0. The summed E-state index contributed by atoms with van der Waals surface area (Å²) in [6.45, 7) is 1.90. The van der Waals surface area contributed by atoms with Crippen LogP contribution >= 0.6 is 0 Å². The normalized spacial score (nSPS) is 18.4. The summed E-state index contributed by atoms with van der Waals surface area (Å²) in [7, 11) is 1.65. The number of unbranched alkanes of at least 4 members (excludes halogenated alkanes) is 1. The molecule has 80 valence electrons. The molecule has 0 amide bonds. The third-order valence-corrected chi connectivity index (χ3v) is 2.01. The second-order valence-corrected chi connectivity index (χ2v) is 3.26. The maximum atomic E-state index is 10.9. The van der Waals surface area contributed by atoms with Crippen LogP contribution in [0.4, 0.5) is 0 Å². The number of cyclic esters (lactones) is 2. The highest BCUT2D eigenvalue weighted by atomic mass is 16.6. The van der Waals surface area contributed by atoms with Crippen LogP contribution in [-0.4, -0.2) is 50.2 Å². The van der Waals surface area contributed by atoms with Crippen molar-refractivity contribution in [2.24, 2.45) is 0 Å². The molecule has 1 aliphatic rings. The number of carbonyl (C=O) groups excluding carboxylic acids is 2. The van der Waals surface area contributed by atoms with Crippen molar-refractivity contribution >= 4 is 11.9 Å². The monoisotopic (exact) mass is 201 g/mol. The molecule has 0 aromatic carbocycles. The Balaban J connectivity index is 2.17. The molecule has 0 N–H and O–H groups in total. The lowest BCUT2D eigenvalue weighted by Crippen LogP contribution is -2.43. The van der Waals surface area contributed by atoms with Crippen molar-refractivity contribution in [1.29, 1.82) is 0 Å². The van der Waals surface area contributed by atoms with Gasteiger partial charge in [-0.05, 0) is 19.4 Å². The molecule has 1 rings (SSSR count). The molecule has 0 radical (unpaired) electrons. The summed E-state index contributed by atoms with van der Waals surface area (Å²) in [6.07, 6.45) is 1.87. The van der Waals surface area contributed by atoms with Gasteiger partial charge in [0.1, 0.15) is 0 Å². The average Bonchev–Trinajstić information content (AvgIpc) is 2.11. The van der Waals surface area contributed by atoms with E-state index in [-0.39, 0.29) is 13.1 Å². The molecule has 0 unspecified atom stereocenters. The highest BCUT2D eigenvalue weighted by molar-refractivity contribution is 5.90. The number of hydrogen-bond acceptors (Lipinski definition) is 5. The van der Waals surface area contributed by atoms with Crippen molar-refractivity contribution < 1.29 is 19.1 Å². The van der Waals surface area contributed by atoms with Crippen LogP contribution in [0, 0.1) is 0 Å². The summed E-state index contributed by atoms with van der Waals surface area (Å²) >= 11 is 0. The van der Waals surface area contributed by atoms with Crippen LogP contribution in [0.1, 0.15) is 12.8 Å². The smallest absolute Gasteiger partial charge is 0.327 e. The molecule has 1 saturated heterocycles. The molecule has 0 saturated carbocycles. The predicted molar refractivity (Wildman–Crippen MR) is 48.6 cm³/mol. The van der Waals surface area contributed by atoms with Crippen molar-refractivity contribution in [1.82, 2.24) is 4.90 Å². The van der Waals surface area contributed by atoms with E-state index in [2.05, 4.69) is 4.74 Å². The topological polar surface area (TPSA) is 55.8 Å². The minimum absolute atomic E-state index is 0.221. The predicted octanol–water partition coefficient (Wildman–Crippen LogP) is -0.202. The van der Waals surface area contributed by atoms with Gasteiger partial charge in [-0.25, -0.2) is 0 Å². The molecule has 0 bridgehead atoms. The first kappa shape index (κ1) is 11.1. The summed E-state index contributed by atoms with van der Waals surface area (Å²) < 4.78 is 9.30. The Hall–Kier alpha value is -0.940. The highest BCUT2D eigenvalue weighted by Gasteiger charge is 2.23. The van der Waals surface area contributed by atoms with Crippen LogP contribution in [0.15, 0.2) is 0 Å². The summed E-state index contributed by atoms with van der Waals surface area (Å²) in [5, 5.41) is 0. The molecule has 5 heteroatoms. The van der Waals surface area contributed by atoms with Crippen molar-refractivity contribution in [3.8, 4) is 0 Å². The van der Waals surface area contributed by atoms with Crippen LogP contribution in [0.3, 0.4) is 0 Å². The average molecular weight is 201 g/mol. The number of hydrogen-bond donors (Lipinski definition) is 0. The molecule has 0 aromatic rings. The van der Waals surface area contributed by atoms with E-state index in [0.717, 1.165) is 19.4 Å². The number of carbonyl (C=O) groups is 2. The minimum Gasteiger partial charge on any atom is -0.391 e. The Labute approximate surface area is 83.0 Å². The zero-order valence-corrected chi connectivity index (χ0v) is 8.32. The van der Waals surface area contributed by atoms with E-state index in [1.54, 1.807) is 12.0 Å². The number of nitrogens with zero attached hydrogens (tertiary/aromatic N) is 1. The number of methoxy groups -OCH3 is 1. The van der Waals surface area contributed by atoms with Gasteiger partial charge < -0.3 is 9.47 Å². The Morgan fingerprint density at radius 1 is 1.29 bits per heavy atom. The lowest BCUT2D eigenvalue weighted by molar-refractivity contribution is -0.166. The Morgan fingerprint density at radius 3 is 2.50 bits per heavy atom. The van der Waals surface area contributed by atoms with Crippen molar-refractivity contribution in [2.45, 2.75) is 12.8 Å². The van der Waals surface area contributed by atoms with Gasteiger partial charge in [-0.3, -0.25) is 14.5 Å². The van der Waals surface area contributed by atoms with E-state index in [9.17, 15) is 9.59 Å². The molecule has 1 aliphatic heterocycles. The molecule has 5 nitrogen and oxygen atoms in total. The lowest BCUT2D eigenvalue weighted by Gasteiger charge is -2.23. The third-order valence-electron chi connectivity index (χ3n) is 2.01. The van der Waals surface area contributed by atoms with Gasteiger partial charge in [0.25, 0.3) is 0 Å². The maximum Gasteiger partial charge on any atom is 0.327 e. The van der Waals surface area contributed by atoms with Gasteiger partial charge in [0.05, 0.1) is 13.1 Å². The quantitative estimate of drug-likeness (QED) is 0.350. The molecule has 0 aromatic heterocycles. The van der Waals surface area contributed by atoms with Crippen molar-refractivity contribution in [2.75, 3.05) is 33.4 Å². The molecule has 14 heavy (non-hydrogen) atoms. The van der Waals surface area contributed by atoms with Gasteiger partial charge >= 0.3 is 11.9 Å². The Morgan fingerprint density at radius 2 is 1.93 bits per heavy atom. The number of morpholine rings is 1. The van der Waals surface area contributed by atoms with E-state index in [0.29, 0.717) is 6.61 Å². The van der Waals surface area contributed by atoms with Crippen LogP contribution in [-0.2, 0) is 19.1 Å². The van der Waals surface area contributed by atoms with Crippen molar-refractivity contribution in [3.05, 3.63) is 0 Å². The van der Waals surface area contributed by atoms with E-state index in [1.807, 2.05) is 0 Å². The molecular formula is C9H15NO4. The van der Waals surface area contributed by atoms with E-state index < -0.39 is 11.9 Å². The van der Waals surface area contributed by atoms with Crippen LogP contribution < -0.4 is 0 Å². The van der Waals surface area contributed by atoms with Gasteiger partial charge in [-0.2, -0.15) is 0 Å². The van der Waals surface area contributed by atoms with Crippen LogP contribution in [0.25, 0.3) is 0 Å². The van der Waals surface area contributed by atoms with E-state index in [1.165, 1.54) is 0 Å². The summed E-state index contributed by atoms with van der Waals surface area (Å²) in [4.78, 5) is 23.5. The SMILES string of the molecule is COCCCCN1CC(=O)OC(=O)C1. The van der Waals surface area contributed by atoms with Crippen LogP contribution in [0.5, 0.6) is 0 Å². The standard InChI is InChI=1S/C9H15NO4/c1-13-5-3-2-4-10-6-8(11)14-9(12)7-10/h2-7H2,1H3. The van der Waals surface area contributed by atoms with Crippen molar-refractivity contribution in [3.63, 3.8) is 0 Å². The first-order valence-corrected chi connectivity index (χ1v) is 4.67. The summed E-state index contributed by atoms with van der Waals surface area (Å²) in [5.74, 6) is -0.902. The van der Waals surface area contributed by atoms with E-state index >= 15 is 0 Å². The number of ether oxygens (including phenoxy) is 2. The summed E-state index contributed by atoms with van der Waals surface area (Å²) in [5.41, 5.74) is 0. The maximum absolute atomic E-state index is 10.9. The fourth-order valence-corrected chi connectivity index (χ4v) is 1.35. The molecule has 0 aliphatic carbocycles. The molecule has 0 spiro atoms. The zero-order valence-electron chi connectivity index (χ0n) is 8.32. The molecule has 1 heterocycles. The third kappa shape index (κ3) is 3.85. The van der Waals surface area contributed by atoms with Gasteiger partial charge in [0.2, 0.25) is 0 Å². The fraction of sp³-hybridized carbons (Fsp3) is 0.778. The number of rotatable bonds is 5. The minimum atomic E-state index is -0.451. The second-order valence-electron chi connectivity index (χ2n) is 3.26. The van der Waals surface area contributed by atoms with Gasteiger partial charge in [-0.15, -0.1) is 0 Å². The Bertz CT molecular complexity index is 201. The second kappa shape index (κ2) is 5.72. The highest BCUT2D eigenvalue weighted by Crippen LogP contribution is 2.02. The zero-order chi connectivity index (χ0) is 10.4. The fourth-order valence-electron chi connectivity index (χ4n) is 1.35. The Kier molecular flexibility index (Phi) is 4.55. The number of esters is 2. The first-order valence-electron chi connectivity index (χ1n) is 4.67. The molecule has 1 fully saturated rings. The largest absolute Gasteiger partial charge is 0.391 e. The lowest BCUT2D eigenvalue weighted by atomic mass is 10.3. The van der Waals surface area contributed by atoms with Crippen LogP contribution in [0.2, 0.25) is 0 Å². The first-order chi connectivity index (χ1) is 6.72. The molecular weight excluding hydrogens is 186 g/mol. The molecule has 0 atom stereocenters. The van der Waals surface area contributed by atoms with E-state index in [4.69, 9.17) is 4.74 Å². The van der Waals surface area contributed by atoms with Gasteiger partial charge in [0, 0.05) is 13.7 Å².